The number of hydrogen-bond acceptors (Lipinski definition) is 4. The molecule has 0 saturated heterocycles. The average Bonchev–Trinajstić information content (AvgIpc) is 2.37. The first-order valence-corrected chi connectivity index (χ1v) is 7.02. The quantitative estimate of drug-likeness (QED) is 0.862. The van der Waals surface area contributed by atoms with Crippen LogP contribution in [0.3, 0.4) is 0 Å². The Hall–Kier alpha value is -1.92. The molecular formula is C13H13NO4S. The number of nitrogens with one attached hydrogen (secondary N) is 1. The summed E-state index contributed by atoms with van der Waals surface area (Å²) >= 11 is 0. The Kier molecular flexibility index (Phi) is 3.82. The zero-order valence-corrected chi connectivity index (χ0v) is 11.1. The highest BCUT2D eigenvalue weighted by molar-refractivity contribution is 7.86. The van der Waals surface area contributed by atoms with Crippen LogP contribution in [-0.2, 0) is 20.9 Å². The standard InChI is InChI=1S/C13H13NO4S/c1-10-2-4-12(5-3-10)19(16,17)18-9-11-6-7-14-13(15)8-11/h2-8H,9H2,1H3,(H,14,15). The highest BCUT2D eigenvalue weighted by Gasteiger charge is 2.14. The minimum Gasteiger partial charge on any atom is -0.329 e. The normalized spacial score (nSPS) is 11.4. The smallest absolute Gasteiger partial charge is 0.297 e. The summed E-state index contributed by atoms with van der Waals surface area (Å²) in [4.78, 5) is 13.6. The van der Waals surface area contributed by atoms with Crippen molar-refractivity contribution in [3.63, 3.8) is 0 Å². The molecule has 0 fully saturated rings. The van der Waals surface area contributed by atoms with Crippen molar-refractivity contribution in [1.29, 1.82) is 0 Å². The molecule has 1 N–H and O–H groups in total. The molecule has 6 heteroatoms. The van der Waals surface area contributed by atoms with Crippen molar-refractivity contribution in [2.45, 2.75) is 18.4 Å². The number of aromatic nitrogens is 1. The summed E-state index contributed by atoms with van der Waals surface area (Å²) in [6.07, 6.45) is 1.44. The Labute approximate surface area is 111 Å². The molecule has 2 rings (SSSR count). The summed E-state index contributed by atoms with van der Waals surface area (Å²) in [6.45, 7) is 1.70. The first kappa shape index (κ1) is 13.5. The van der Waals surface area contributed by atoms with Crippen LogP contribution in [-0.4, -0.2) is 13.4 Å². The third-order valence-corrected chi connectivity index (χ3v) is 3.81. The third kappa shape index (κ3) is 3.52. The van der Waals surface area contributed by atoms with E-state index in [4.69, 9.17) is 4.18 Å². The van der Waals surface area contributed by atoms with Gasteiger partial charge in [0, 0.05) is 12.3 Å². The van der Waals surface area contributed by atoms with Gasteiger partial charge in [0.2, 0.25) is 5.56 Å². The topological polar surface area (TPSA) is 76.2 Å². The summed E-state index contributed by atoms with van der Waals surface area (Å²) in [5.74, 6) is 0. The molecule has 0 aliphatic heterocycles. The van der Waals surface area contributed by atoms with E-state index in [0.717, 1.165) is 5.56 Å². The van der Waals surface area contributed by atoms with E-state index < -0.39 is 10.1 Å². The monoisotopic (exact) mass is 279 g/mol. The molecular weight excluding hydrogens is 266 g/mol. The van der Waals surface area contributed by atoms with Gasteiger partial charge in [0.05, 0.1) is 11.5 Å². The lowest BCUT2D eigenvalue weighted by Crippen LogP contribution is -2.09. The second-order valence-corrected chi connectivity index (χ2v) is 5.71. The molecule has 0 spiro atoms. The van der Waals surface area contributed by atoms with E-state index in [1.54, 1.807) is 18.2 Å². The van der Waals surface area contributed by atoms with Crippen LogP contribution in [0.1, 0.15) is 11.1 Å². The Balaban J connectivity index is 2.14. The zero-order chi connectivity index (χ0) is 13.9. The molecule has 0 amide bonds. The highest BCUT2D eigenvalue weighted by Crippen LogP contribution is 2.14. The van der Waals surface area contributed by atoms with Gasteiger partial charge in [-0.25, -0.2) is 0 Å². The fourth-order valence-electron chi connectivity index (χ4n) is 1.50. The van der Waals surface area contributed by atoms with Gasteiger partial charge < -0.3 is 4.98 Å². The predicted octanol–water partition coefficient (Wildman–Crippen LogP) is 1.59. The summed E-state index contributed by atoms with van der Waals surface area (Å²) in [5.41, 5.74) is 1.17. The number of aromatic amines is 1. The van der Waals surface area contributed by atoms with E-state index in [1.807, 2.05) is 6.92 Å². The third-order valence-electron chi connectivity index (χ3n) is 2.53. The Morgan fingerprint density at radius 3 is 2.47 bits per heavy atom. The maximum absolute atomic E-state index is 11.9. The van der Waals surface area contributed by atoms with Gasteiger partial charge in [0.1, 0.15) is 0 Å². The number of rotatable bonds is 4. The Morgan fingerprint density at radius 1 is 1.16 bits per heavy atom. The van der Waals surface area contributed by atoms with E-state index in [-0.39, 0.29) is 17.1 Å². The molecule has 0 bridgehead atoms. The van der Waals surface area contributed by atoms with Gasteiger partial charge in [-0.2, -0.15) is 8.42 Å². The fraction of sp³-hybridized carbons (Fsp3) is 0.154. The van der Waals surface area contributed by atoms with Crippen LogP contribution in [0.15, 0.2) is 52.3 Å². The first-order chi connectivity index (χ1) is 8.97. The summed E-state index contributed by atoms with van der Waals surface area (Å²) in [7, 11) is -3.80. The van der Waals surface area contributed by atoms with E-state index in [9.17, 15) is 13.2 Å². The second kappa shape index (κ2) is 5.38. The number of hydrogen-bond donors (Lipinski definition) is 1. The molecule has 5 nitrogen and oxygen atoms in total. The van der Waals surface area contributed by atoms with Crippen molar-refractivity contribution in [2.24, 2.45) is 0 Å². The number of pyridine rings is 1. The van der Waals surface area contributed by atoms with Crippen LogP contribution < -0.4 is 5.56 Å². The van der Waals surface area contributed by atoms with E-state index in [0.29, 0.717) is 5.56 Å². The van der Waals surface area contributed by atoms with Crippen molar-refractivity contribution >= 4 is 10.1 Å². The fourth-order valence-corrected chi connectivity index (χ4v) is 2.39. The minimum absolute atomic E-state index is 0.0999. The second-order valence-electron chi connectivity index (χ2n) is 4.09. The van der Waals surface area contributed by atoms with Gasteiger partial charge in [-0.3, -0.25) is 8.98 Å². The molecule has 0 radical (unpaired) electrons. The predicted molar refractivity (Wildman–Crippen MR) is 70.2 cm³/mol. The highest BCUT2D eigenvalue weighted by atomic mass is 32.2. The molecule has 0 unspecified atom stereocenters. The molecule has 100 valence electrons. The maximum atomic E-state index is 11.9. The molecule has 1 heterocycles. The lowest BCUT2D eigenvalue weighted by Gasteiger charge is -2.05. The van der Waals surface area contributed by atoms with Crippen LogP contribution in [0.5, 0.6) is 0 Å². The van der Waals surface area contributed by atoms with Crippen molar-refractivity contribution in [3.05, 3.63) is 64.1 Å². The van der Waals surface area contributed by atoms with Gasteiger partial charge in [-0.15, -0.1) is 0 Å². The molecule has 0 aliphatic rings. The zero-order valence-electron chi connectivity index (χ0n) is 10.3. The Bertz CT molecular complexity index is 717. The molecule has 0 aliphatic carbocycles. The van der Waals surface area contributed by atoms with E-state index in [2.05, 4.69) is 4.98 Å². The number of H-pyrrole nitrogens is 1. The lowest BCUT2D eigenvalue weighted by atomic mass is 10.2. The summed E-state index contributed by atoms with van der Waals surface area (Å²) < 4.78 is 28.7. The molecule has 1 aromatic heterocycles. The van der Waals surface area contributed by atoms with Gasteiger partial charge in [0.25, 0.3) is 10.1 Å². The lowest BCUT2D eigenvalue weighted by molar-refractivity contribution is 0.307. The molecule has 0 saturated carbocycles. The summed E-state index contributed by atoms with van der Waals surface area (Å²) in [5, 5.41) is 0. The van der Waals surface area contributed by atoms with Crippen LogP contribution >= 0.6 is 0 Å². The summed E-state index contributed by atoms with van der Waals surface area (Å²) in [6, 6.07) is 9.26. The Morgan fingerprint density at radius 2 is 1.84 bits per heavy atom. The number of aryl methyl sites for hydroxylation is 1. The average molecular weight is 279 g/mol. The molecule has 19 heavy (non-hydrogen) atoms. The van der Waals surface area contributed by atoms with Crippen LogP contribution in [0.4, 0.5) is 0 Å². The first-order valence-electron chi connectivity index (χ1n) is 5.61. The van der Waals surface area contributed by atoms with Crippen molar-refractivity contribution < 1.29 is 12.6 Å². The largest absolute Gasteiger partial charge is 0.329 e. The van der Waals surface area contributed by atoms with Crippen molar-refractivity contribution in [3.8, 4) is 0 Å². The van der Waals surface area contributed by atoms with Crippen molar-refractivity contribution in [2.75, 3.05) is 0 Å². The van der Waals surface area contributed by atoms with Gasteiger partial charge in [-0.05, 0) is 30.7 Å². The van der Waals surface area contributed by atoms with Gasteiger partial charge in [0.15, 0.2) is 0 Å². The molecule has 1 aromatic carbocycles. The van der Waals surface area contributed by atoms with E-state index >= 15 is 0 Å². The minimum atomic E-state index is -3.80. The van der Waals surface area contributed by atoms with Crippen LogP contribution in [0.25, 0.3) is 0 Å². The van der Waals surface area contributed by atoms with Gasteiger partial charge >= 0.3 is 0 Å². The number of benzene rings is 1. The SMILES string of the molecule is Cc1ccc(S(=O)(=O)OCc2cc[nH]c(=O)c2)cc1. The molecule has 2 aromatic rings. The van der Waals surface area contributed by atoms with Gasteiger partial charge in [-0.1, -0.05) is 17.7 Å². The maximum Gasteiger partial charge on any atom is 0.297 e. The van der Waals surface area contributed by atoms with Crippen molar-refractivity contribution in [1.82, 2.24) is 4.98 Å². The van der Waals surface area contributed by atoms with E-state index in [1.165, 1.54) is 24.4 Å². The van der Waals surface area contributed by atoms with Crippen LogP contribution in [0.2, 0.25) is 0 Å². The molecule has 0 atom stereocenters. The van der Waals surface area contributed by atoms with Crippen LogP contribution in [0, 0.1) is 6.92 Å².